The fraction of sp³-hybridized carbons (Fsp3) is 0.0455. The molecule has 0 aliphatic heterocycles. The zero-order valence-corrected chi connectivity index (χ0v) is 30.9. The van der Waals surface area contributed by atoms with Crippen molar-refractivity contribution in [1.29, 1.82) is 21.0 Å². The molecule has 0 N–H and O–H groups in total. The number of hydrogen-bond acceptors (Lipinski definition) is 6. The number of pyridine rings is 2. The van der Waals surface area contributed by atoms with E-state index in [1.165, 1.54) is 30.3 Å². The molecule has 0 amide bonds. The van der Waals surface area contributed by atoms with Crippen LogP contribution in [0.4, 0.5) is 48.3 Å². The molecule has 2 aliphatic rings. The number of benzene rings is 3. The average Bonchev–Trinajstić information content (AvgIpc) is 3.77. The number of halogens is 11. The minimum atomic E-state index is -4.97. The van der Waals surface area contributed by atoms with E-state index < -0.39 is 154 Å². The van der Waals surface area contributed by atoms with Crippen LogP contribution in [0.25, 0.3) is 54.5 Å². The van der Waals surface area contributed by atoms with Crippen molar-refractivity contribution in [1.82, 2.24) is 9.97 Å². The van der Waals surface area contributed by atoms with Crippen LogP contribution < -0.4 is 0 Å². The van der Waals surface area contributed by atoms with Crippen LogP contribution in [0, 0.1) is 112 Å². The van der Waals surface area contributed by atoms with Gasteiger partial charge in [-0.05, 0) is 58.0 Å². The summed E-state index contributed by atoms with van der Waals surface area (Å²) in [7, 11) is 0. The Bertz CT molecular complexity index is 3300. The van der Waals surface area contributed by atoms with Crippen molar-refractivity contribution in [2.75, 3.05) is 0 Å². The lowest BCUT2D eigenvalue weighted by Crippen LogP contribution is -2.09. The number of aryl methyl sites for hydroxylation is 1. The molecular weight excluding hydrogens is 850 g/mol. The van der Waals surface area contributed by atoms with Crippen LogP contribution in [0.1, 0.15) is 66.8 Å². The fourth-order valence-electron chi connectivity index (χ4n) is 7.41. The Morgan fingerprint density at radius 1 is 0.587 bits per heavy atom. The molecule has 0 bridgehead atoms. The zero-order valence-electron chi connectivity index (χ0n) is 30.9. The molecule has 3 aromatic carbocycles. The van der Waals surface area contributed by atoms with Crippen LogP contribution in [0.15, 0.2) is 48.5 Å². The van der Waals surface area contributed by atoms with Crippen molar-refractivity contribution in [2.24, 2.45) is 0 Å². The van der Waals surface area contributed by atoms with E-state index in [9.17, 15) is 51.8 Å². The van der Waals surface area contributed by atoms with Gasteiger partial charge in [0.15, 0.2) is 23.3 Å². The maximum atomic E-state index is 15.7. The number of nitrogens with zero attached hydrogens (tertiary/aromatic N) is 8. The van der Waals surface area contributed by atoms with E-state index in [-0.39, 0.29) is 5.56 Å². The third-order valence-electron chi connectivity index (χ3n) is 9.95. The van der Waals surface area contributed by atoms with Crippen LogP contribution in [-0.2, 0) is 6.18 Å². The van der Waals surface area contributed by atoms with Gasteiger partial charge in [0, 0.05) is 16.7 Å². The lowest BCUT2D eigenvalue weighted by Gasteiger charge is -2.19. The lowest BCUT2D eigenvalue weighted by atomic mass is 9.81. The summed E-state index contributed by atoms with van der Waals surface area (Å²) in [5.74, 6) is -18.3. The summed E-state index contributed by atoms with van der Waals surface area (Å²) in [6.07, 6.45) is -4.97. The Morgan fingerprint density at radius 2 is 1.05 bits per heavy atom. The molecule has 0 atom stereocenters. The molecule has 8 nitrogen and oxygen atoms in total. The molecular formula is C44H11F11N8. The summed E-state index contributed by atoms with van der Waals surface area (Å²) in [4.78, 5) is 11.5. The first-order chi connectivity index (χ1) is 29.9. The van der Waals surface area contributed by atoms with Crippen LogP contribution in [-0.4, -0.2) is 9.97 Å². The second-order valence-corrected chi connectivity index (χ2v) is 13.2. The van der Waals surface area contributed by atoms with Gasteiger partial charge in [-0.25, -0.2) is 27.3 Å². The molecule has 2 heterocycles. The van der Waals surface area contributed by atoms with Crippen LogP contribution in [0.2, 0.25) is 0 Å². The molecule has 0 unspecified atom stereocenters. The monoisotopic (exact) mass is 860 g/mol. The molecule has 0 saturated heterocycles. The lowest BCUT2D eigenvalue weighted by molar-refractivity contribution is -0.137. The van der Waals surface area contributed by atoms with Gasteiger partial charge in [-0.1, -0.05) is 42.0 Å². The summed E-state index contributed by atoms with van der Waals surface area (Å²) in [6.45, 7) is 18.0. The molecule has 0 radical (unpaired) electrons. The molecule has 0 saturated carbocycles. The topological polar surface area (TPSA) is 130 Å². The quantitative estimate of drug-likeness (QED) is 0.0765. The standard InChI is InChI=1S/C44H11F11N8/c1-16-4-6-18(7-5-16)25-27(23(15-59)31-34(45)40(49)62-41(50)35(31)46)29-22(14-58)28-26(21(13-57)30(29)38(25)60-2)20(12-56)24(17-8-10-19(11-9-17)44(53,54)55)32(28)39(61-3)33-36(47)42(51)63-43(52)37(33)48/h4-11H,1H3/b27-23+,39-32-. The molecule has 5 aromatic rings. The number of fused-ring (bicyclic) bond motifs is 2. The van der Waals surface area contributed by atoms with Gasteiger partial charge in [0.1, 0.15) is 18.2 Å². The smallest absolute Gasteiger partial charge is 0.237 e. The van der Waals surface area contributed by atoms with Crippen molar-refractivity contribution in [3.8, 4) is 24.3 Å². The Kier molecular flexibility index (Phi) is 10.2. The predicted molar refractivity (Wildman–Crippen MR) is 198 cm³/mol. The molecule has 0 fully saturated rings. The minimum absolute atomic E-state index is 0.0831. The highest BCUT2D eigenvalue weighted by atomic mass is 19.4. The highest BCUT2D eigenvalue weighted by molar-refractivity contribution is 6.35. The van der Waals surface area contributed by atoms with E-state index in [0.29, 0.717) is 29.8 Å². The van der Waals surface area contributed by atoms with Crippen LogP contribution in [0.3, 0.4) is 0 Å². The summed E-state index contributed by atoms with van der Waals surface area (Å²) < 4.78 is 163. The van der Waals surface area contributed by atoms with Gasteiger partial charge >= 0.3 is 6.18 Å². The summed E-state index contributed by atoms with van der Waals surface area (Å²) in [5, 5.41) is 43.4. The highest BCUT2D eigenvalue weighted by Gasteiger charge is 2.45. The molecule has 2 aliphatic carbocycles. The van der Waals surface area contributed by atoms with Gasteiger partial charge in [0.05, 0.1) is 58.2 Å². The Hall–Kier alpha value is -8.91. The van der Waals surface area contributed by atoms with Gasteiger partial charge in [-0.15, -0.1) is 0 Å². The first kappa shape index (κ1) is 42.2. The van der Waals surface area contributed by atoms with Crippen molar-refractivity contribution >= 4 is 44.8 Å². The molecule has 304 valence electrons. The van der Waals surface area contributed by atoms with E-state index >= 15 is 17.6 Å². The number of allylic oxidation sites excluding steroid dienone is 6. The maximum absolute atomic E-state index is 15.7. The average molecular weight is 861 g/mol. The Balaban J connectivity index is 1.81. The number of alkyl halides is 3. The van der Waals surface area contributed by atoms with E-state index in [2.05, 4.69) is 19.7 Å². The zero-order chi connectivity index (χ0) is 46.0. The van der Waals surface area contributed by atoms with E-state index in [1.54, 1.807) is 25.1 Å². The second kappa shape index (κ2) is 15.3. The van der Waals surface area contributed by atoms with Gasteiger partial charge in [-0.3, -0.25) is 0 Å². The van der Waals surface area contributed by atoms with Crippen LogP contribution >= 0.6 is 0 Å². The van der Waals surface area contributed by atoms with Gasteiger partial charge in [0.25, 0.3) is 23.8 Å². The molecule has 0 spiro atoms. The summed E-state index contributed by atoms with van der Waals surface area (Å²) in [5.41, 5.74) is -17.2. The number of hydrogen-bond donors (Lipinski definition) is 0. The van der Waals surface area contributed by atoms with E-state index in [4.69, 9.17) is 13.1 Å². The molecule has 19 heteroatoms. The largest absolute Gasteiger partial charge is 0.416 e. The highest BCUT2D eigenvalue weighted by Crippen LogP contribution is 2.60. The second-order valence-electron chi connectivity index (χ2n) is 13.2. The van der Waals surface area contributed by atoms with Crippen LogP contribution in [0.5, 0.6) is 0 Å². The first-order valence-electron chi connectivity index (χ1n) is 17.2. The number of aromatic nitrogens is 2. The number of rotatable bonds is 4. The molecule has 63 heavy (non-hydrogen) atoms. The first-order valence-corrected chi connectivity index (χ1v) is 17.2. The number of nitriles is 4. The van der Waals surface area contributed by atoms with Gasteiger partial charge in [-0.2, -0.15) is 61.7 Å². The maximum Gasteiger partial charge on any atom is 0.416 e. The SMILES string of the molecule is [C-]#[N+]C1=C(c2ccc(C)cc2)/C(=C(/C#N)c2c(F)c(F)nc(F)c2F)c2c(C#N)c3c(c(C#N)c21)C(C#N)=C(c1ccc(C(F)(F)F)cc1)/C3=C(/[N+]#[C-])c1c(F)c(F)nc(F)c1F. The van der Waals surface area contributed by atoms with Crippen molar-refractivity contribution in [3.63, 3.8) is 0 Å². The third kappa shape index (κ3) is 6.23. The predicted octanol–water partition coefficient (Wildman–Crippen LogP) is 11.1. The van der Waals surface area contributed by atoms with Crippen molar-refractivity contribution in [3.05, 3.63) is 185 Å². The van der Waals surface area contributed by atoms with Crippen molar-refractivity contribution < 1.29 is 48.3 Å². The van der Waals surface area contributed by atoms with Gasteiger partial charge in [0.2, 0.25) is 11.4 Å². The fourth-order valence-corrected chi connectivity index (χ4v) is 7.41. The Morgan fingerprint density at radius 3 is 1.49 bits per heavy atom. The Labute approximate surface area is 346 Å². The minimum Gasteiger partial charge on any atom is -0.237 e. The van der Waals surface area contributed by atoms with E-state index in [0.717, 1.165) is 0 Å². The normalized spacial score (nSPS) is 14.5. The molecule has 2 aromatic heterocycles. The van der Waals surface area contributed by atoms with Gasteiger partial charge < -0.3 is 0 Å². The third-order valence-corrected chi connectivity index (χ3v) is 9.95. The summed E-state index contributed by atoms with van der Waals surface area (Å²) >= 11 is 0. The van der Waals surface area contributed by atoms with E-state index in [1.807, 2.05) is 0 Å². The summed E-state index contributed by atoms with van der Waals surface area (Å²) in [6, 6.07) is 14.4. The molecule has 7 rings (SSSR count). The van der Waals surface area contributed by atoms with Crippen molar-refractivity contribution in [2.45, 2.75) is 13.1 Å².